The molecule has 22 heavy (non-hydrogen) atoms. The smallest absolute Gasteiger partial charge is 0.192 e. The standard InChI is InChI=1S/C16H25Cl2NO2Si/c1-16(2,3)22(4,5)21-15-10-20-9-14(15)19-13-7-11(17)6-12(18)8-13/h6-8,14-15,19H,9-10H2,1-5H3. The van der Waals surface area contributed by atoms with Crippen molar-refractivity contribution in [3.8, 4) is 0 Å². The van der Waals surface area contributed by atoms with Gasteiger partial charge in [-0.05, 0) is 36.3 Å². The molecule has 2 unspecified atom stereocenters. The van der Waals surface area contributed by atoms with Gasteiger partial charge in [0.25, 0.3) is 0 Å². The summed E-state index contributed by atoms with van der Waals surface area (Å²) < 4.78 is 12.1. The summed E-state index contributed by atoms with van der Waals surface area (Å²) in [6, 6.07) is 5.58. The number of hydrogen-bond donors (Lipinski definition) is 1. The summed E-state index contributed by atoms with van der Waals surface area (Å²) >= 11 is 12.1. The van der Waals surface area contributed by atoms with Gasteiger partial charge in [0, 0.05) is 15.7 Å². The van der Waals surface area contributed by atoms with Gasteiger partial charge in [0.2, 0.25) is 0 Å². The molecule has 2 rings (SSSR count). The SMILES string of the molecule is CC(C)(C)[Si](C)(C)OC1COCC1Nc1cc(Cl)cc(Cl)c1. The molecule has 1 aromatic rings. The molecule has 0 radical (unpaired) electrons. The van der Waals surface area contributed by atoms with E-state index in [1.165, 1.54) is 0 Å². The molecule has 3 nitrogen and oxygen atoms in total. The van der Waals surface area contributed by atoms with Crippen LogP contribution < -0.4 is 5.32 Å². The Morgan fingerprint density at radius 1 is 1.14 bits per heavy atom. The summed E-state index contributed by atoms with van der Waals surface area (Å²) in [5.74, 6) is 0. The first-order valence-electron chi connectivity index (χ1n) is 7.57. The highest BCUT2D eigenvalue weighted by molar-refractivity contribution is 6.74. The third-order valence-corrected chi connectivity index (χ3v) is 9.44. The van der Waals surface area contributed by atoms with Crippen molar-refractivity contribution in [2.24, 2.45) is 0 Å². The molecule has 0 spiro atoms. The molecule has 6 heteroatoms. The number of nitrogens with one attached hydrogen (secondary N) is 1. The maximum absolute atomic E-state index is 6.49. The molecular weight excluding hydrogens is 337 g/mol. The van der Waals surface area contributed by atoms with Crippen LogP contribution in [0, 0.1) is 0 Å². The Hall–Kier alpha value is -0.263. The van der Waals surface area contributed by atoms with E-state index in [1.54, 1.807) is 6.07 Å². The fourth-order valence-corrected chi connectivity index (χ4v) is 4.06. The second kappa shape index (κ2) is 6.69. The number of ether oxygens (including phenoxy) is 1. The molecule has 1 N–H and O–H groups in total. The molecule has 2 atom stereocenters. The van der Waals surface area contributed by atoms with Crippen LogP contribution in [0.5, 0.6) is 0 Å². The fourth-order valence-electron chi connectivity index (χ4n) is 2.19. The second-order valence-electron chi connectivity index (χ2n) is 7.36. The van der Waals surface area contributed by atoms with Crippen molar-refractivity contribution < 1.29 is 9.16 Å². The van der Waals surface area contributed by atoms with Gasteiger partial charge < -0.3 is 14.5 Å². The summed E-state index contributed by atoms with van der Waals surface area (Å²) in [4.78, 5) is 0. The van der Waals surface area contributed by atoms with E-state index in [0.717, 1.165) is 5.69 Å². The molecule has 0 bridgehead atoms. The van der Waals surface area contributed by atoms with E-state index in [1.807, 2.05) is 12.1 Å². The normalized spacial score (nSPS) is 22.9. The average molecular weight is 362 g/mol. The van der Waals surface area contributed by atoms with Crippen molar-refractivity contribution in [2.75, 3.05) is 18.5 Å². The largest absolute Gasteiger partial charge is 0.409 e. The van der Waals surface area contributed by atoms with Crippen LogP contribution in [0.1, 0.15) is 20.8 Å². The highest BCUT2D eigenvalue weighted by Crippen LogP contribution is 2.38. The molecular formula is C16H25Cl2NO2Si. The highest BCUT2D eigenvalue weighted by atomic mass is 35.5. The molecule has 1 aliphatic heterocycles. The minimum Gasteiger partial charge on any atom is -0.409 e. The summed E-state index contributed by atoms with van der Waals surface area (Å²) in [7, 11) is -1.82. The molecule has 1 saturated heterocycles. The second-order valence-corrected chi connectivity index (χ2v) is 13.0. The van der Waals surface area contributed by atoms with Crippen molar-refractivity contribution in [2.45, 2.75) is 51.0 Å². The van der Waals surface area contributed by atoms with Gasteiger partial charge in [-0.1, -0.05) is 44.0 Å². The maximum atomic E-state index is 6.49. The Morgan fingerprint density at radius 3 is 2.27 bits per heavy atom. The van der Waals surface area contributed by atoms with Gasteiger partial charge in [0.15, 0.2) is 8.32 Å². The number of rotatable bonds is 4. The van der Waals surface area contributed by atoms with E-state index in [4.69, 9.17) is 32.4 Å². The van der Waals surface area contributed by atoms with E-state index < -0.39 is 8.32 Å². The average Bonchev–Trinajstić information content (AvgIpc) is 2.73. The van der Waals surface area contributed by atoms with E-state index in [0.29, 0.717) is 23.3 Å². The monoisotopic (exact) mass is 361 g/mol. The van der Waals surface area contributed by atoms with Crippen LogP contribution in [0.25, 0.3) is 0 Å². The van der Waals surface area contributed by atoms with E-state index in [9.17, 15) is 0 Å². The molecule has 0 aliphatic carbocycles. The Morgan fingerprint density at radius 2 is 1.73 bits per heavy atom. The fraction of sp³-hybridized carbons (Fsp3) is 0.625. The molecule has 0 amide bonds. The lowest BCUT2D eigenvalue weighted by Gasteiger charge is -2.39. The van der Waals surface area contributed by atoms with Gasteiger partial charge in [0.05, 0.1) is 25.4 Å². The summed E-state index contributed by atoms with van der Waals surface area (Å²) in [5.41, 5.74) is 0.900. The van der Waals surface area contributed by atoms with Crippen LogP contribution in [0.2, 0.25) is 28.2 Å². The lowest BCUT2D eigenvalue weighted by molar-refractivity contribution is 0.131. The van der Waals surface area contributed by atoms with Crippen molar-refractivity contribution >= 4 is 37.2 Å². The van der Waals surface area contributed by atoms with Gasteiger partial charge in [-0.3, -0.25) is 0 Å². The van der Waals surface area contributed by atoms with Crippen LogP contribution >= 0.6 is 23.2 Å². The van der Waals surface area contributed by atoms with Gasteiger partial charge in [0.1, 0.15) is 0 Å². The Bertz CT molecular complexity index is 511. The van der Waals surface area contributed by atoms with Gasteiger partial charge in [-0.25, -0.2) is 0 Å². The molecule has 0 saturated carbocycles. The van der Waals surface area contributed by atoms with Crippen molar-refractivity contribution in [3.63, 3.8) is 0 Å². The topological polar surface area (TPSA) is 30.5 Å². The quantitative estimate of drug-likeness (QED) is 0.748. The summed E-state index contributed by atoms with van der Waals surface area (Å²) in [6.45, 7) is 12.5. The summed E-state index contributed by atoms with van der Waals surface area (Å²) in [6.07, 6.45) is 0.0543. The van der Waals surface area contributed by atoms with E-state index in [-0.39, 0.29) is 17.2 Å². The highest BCUT2D eigenvalue weighted by Gasteiger charge is 2.42. The van der Waals surface area contributed by atoms with Crippen LogP contribution in [0.4, 0.5) is 5.69 Å². The first kappa shape index (κ1) is 18.1. The van der Waals surface area contributed by atoms with E-state index >= 15 is 0 Å². The Balaban J connectivity index is 2.08. The Kier molecular flexibility index (Phi) is 5.50. The van der Waals surface area contributed by atoms with Gasteiger partial charge in [-0.2, -0.15) is 0 Å². The number of hydrogen-bond acceptors (Lipinski definition) is 3. The lowest BCUT2D eigenvalue weighted by atomic mass is 10.2. The molecule has 0 aromatic heterocycles. The molecule has 1 fully saturated rings. The van der Waals surface area contributed by atoms with Crippen LogP contribution in [-0.4, -0.2) is 33.7 Å². The first-order valence-corrected chi connectivity index (χ1v) is 11.2. The van der Waals surface area contributed by atoms with Crippen molar-refractivity contribution in [1.29, 1.82) is 0 Å². The molecule has 1 aliphatic rings. The Labute approximate surface area is 144 Å². The van der Waals surface area contributed by atoms with Crippen molar-refractivity contribution in [3.05, 3.63) is 28.2 Å². The third-order valence-electron chi connectivity index (χ3n) is 4.50. The number of benzene rings is 1. The lowest BCUT2D eigenvalue weighted by Crippen LogP contribution is -2.48. The molecule has 1 heterocycles. The number of anilines is 1. The van der Waals surface area contributed by atoms with Gasteiger partial charge in [-0.15, -0.1) is 0 Å². The zero-order valence-corrected chi connectivity index (χ0v) is 16.4. The van der Waals surface area contributed by atoms with Crippen LogP contribution in [0.15, 0.2) is 18.2 Å². The van der Waals surface area contributed by atoms with Crippen LogP contribution in [-0.2, 0) is 9.16 Å². The first-order chi connectivity index (χ1) is 10.1. The maximum Gasteiger partial charge on any atom is 0.192 e. The predicted molar refractivity (Wildman–Crippen MR) is 96.8 cm³/mol. The van der Waals surface area contributed by atoms with Gasteiger partial charge >= 0.3 is 0 Å². The summed E-state index contributed by atoms with van der Waals surface area (Å²) in [5, 5.41) is 4.87. The molecule has 124 valence electrons. The van der Waals surface area contributed by atoms with Crippen LogP contribution in [0.3, 0.4) is 0 Å². The predicted octanol–water partition coefficient (Wildman–Crippen LogP) is 5.19. The van der Waals surface area contributed by atoms with Crippen molar-refractivity contribution in [1.82, 2.24) is 0 Å². The minimum absolute atomic E-state index is 0.0543. The minimum atomic E-state index is -1.82. The zero-order chi connectivity index (χ0) is 16.5. The zero-order valence-electron chi connectivity index (χ0n) is 13.9. The molecule has 1 aromatic carbocycles. The van der Waals surface area contributed by atoms with E-state index in [2.05, 4.69) is 39.2 Å². The third kappa shape index (κ3) is 4.39. The number of halogens is 2.